The number of rotatable bonds is 7. The van der Waals surface area contributed by atoms with E-state index in [-0.39, 0.29) is 24.6 Å². The van der Waals surface area contributed by atoms with Crippen molar-refractivity contribution in [3.8, 4) is 11.4 Å². The lowest BCUT2D eigenvalue weighted by Crippen LogP contribution is -2.16. The number of fused-ring (bicyclic) bond motifs is 1. The maximum Gasteiger partial charge on any atom is 0.310 e. The van der Waals surface area contributed by atoms with Crippen LogP contribution >= 0.6 is 0 Å². The molecule has 0 saturated heterocycles. The molecule has 0 aliphatic heterocycles. The van der Waals surface area contributed by atoms with Crippen molar-refractivity contribution in [1.82, 2.24) is 4.57 Å². The molecule has 0 atom stereocenters. The monoisotopic (exact) mass is 435 g/mol. The first-order valence-corrected chi connectivity index (χ1v) is 10.0. The summed E-state index contributed by atoms with van der Waals surface area (Å²) in [5.41, 5.74) is 4.02. The van der Waals surface area contributed by atoms with Gasteiger partial charge >= 0.3 is 5.97 Å². The molecule has 2 heterocycles. The number of aryl methyl sites for hydroxylation is 1. The molecular weight excluding hydrogens is 413 g/mol. The highest BCUT2D eigenvalue weighted by atomic mass is 19.1. The highest BCUT2D eigenvalue weighted by Crippen LogP contribution is 2.26. The molecule has 32 heavy (non-hydrogen) atoms. The maximum absolute atomic E-state index is 13.2. The van der Waals surface area contributed by atoms with Crippen LogP contribution in [0.4, 0.5) is 4.39 Å². The van der Waals surface area contributed by atoms with Crippen LogP contribution in [0.5, 0.6) is 5.75 Å². The summed E-state index contributed by atoms with van der Waals surface area (Å²) in [6.45, 7) is 3.30. The fourth-order valence-electron chi connectivity index (χ4n) is 3.79. The summed E-state index contributed by atoms with van der Waals surface area (Å²) in [7, 11) is 1.57. The average Bonchev–Trinajstić information content (AvgIpc) is 3.32. The molecule has 0 aliphatic carbocycles. The minimum atomic E-state index is -0.524. The second-order valence-electron chi connectivity index (χ2n) is 7.48. The summed E-state index contributed by atoms with van der Waals surface area (Å²) in [5, 5.41) is 0.789. The van der Waals surface area contributed by atoms with Gasteiger partial charge in [0.1, 0.15) is 17.1 Å². The lowest BCUT2D eigenvalue weighted by molar-refractivity contribution is -0.141. The Hall–Kier alpha value is -3.87. The first kappa shape index (κ1) is 21.4. The van der Waals surface area contributed by atoms with E-state index in [9.17, 15) is 14.0 Å². The standard InChI is InChI=1S/C25H22FNO5/c1-15-10-22(16(2)27(15)19-6-4-18(26)5-7-19)23(28)14-32-25(29)11-17-13-31-24-12-20(30-3)8-9-21(17)24/h4-10,12-13H,11,14H2,1-3H3. The van der Waals surface area contributed by atoms with Gasteiger partial charge in [-0.1, -0.05) is 0 Å². The van der Waals surface area contributed by atoms with Gasteiger partial charge in [0.2, 0.25) is 5.78 Å². The second kappa shape index (κ2) is 8.70. The van der Waals surface area contributed by atoms with Crippen molar-refractivity contribution >= 4 is 22.7 Å². The van der Waals surface area contributed by atoms with Crippen LogP contribution in [0.3, 0.4) is 0 Å². The SMILES string of the molecule is COc1ccc2c(CC(=O)OCC(=O)c3cc(C)n(-c4ccc(F)cc4)c3C)coc2c1. The number of hydrogen-bond donors (Lipinski definition) is 0. The van der Waals surface area contributed by atoms with Gasteiger partial charge in [0.15, 0.2) is 6.61 Å². The molecule has 0 unspecified atom stereocenters. The number of halogens is 1. The molecule has 0 radical (unpaired) electrons. The molecule has 0 bridgehead atoms. The van der Waals surface area contributed by atoms with Gasteiger partial charge < -0.3 is 18.5 Å². The molecule has 2 aromatic carbocycles. The number of hydrogen-bond acceptors (Lipinski definition) is 5. The van der Waals surface area contributed by atoms with Crippen molar-refractivity contribution in [3.63, 3.8) is 0 Å². The molecule has 0 saturated carbocycles. The average molecular weight is 435 g/mol. The second-order valence-corrected chi connectivity index (χ2v) is 7.48. The van der Waals surface area contributed by atoms with E-state index in [0.717, 1.165) is 16.8 Å². The molecule has 0 spiro atoms. The number of Topliss-reactive ketones (excluding diaryl/α,β-unsaturated/α-hetero) is 1. The fourth-order valence-corrected chi connectivity index (χ4v) is 3.79. The van der Waals surface area contributed by atoms with Crippen LogP contribution in [0.2, 0.25) is 0 Å². The Kier molecular flexibility index (Phi) is 5.81. The van der Waals surface area contributed by atoms with E-state index < -0.39 is 5.97 Å². The molecular formula is C25H22FNO5. The third-order valence-electron chi connectivity index (χ3n) is 5.38. The van der Waals surface area contributed by atoms with Gasteiger partial charge in [-0.15, -0.1) is 0 Å². The molecule has 0 N–H and O–H groups in total. The van der Waals surface area contributed by atoms with Crippen LogP contribution in [0.25, 0.3) is 16.7 Å². The lowest BCUT2D eigenvalue weighted by atomic mass is 10.1. The van der Waals surface area contributed by atoms with E-state index >= 15 is 0 Å². The van der Waals surface area contributed by atoms with Gasteiger partial charge in [0.25, 0.3) is 0 Å². The summed E-state index contributed by atoms with van der Waals surface area (Å²) in [4.78, 5) is 25.1. The fraction of sp³-hybridized carbons (Fsp3) is 0.200. The van der Waals surface area contributed by atoms with Crippen molar-refractivity contribution < 1.29 is 27.9 Å². The number of ether oxygens (including phenoxy) is 2. The molecule has 0 aliphatic rings. The molecule has 4 aromatic rings. The van der Waals surface area contributed by atoms with Crippen LogP contribution < -0.4 is 4.74 Å². The molecule has 0 fully saturated rings. The van der Waals surface area contributed by atoms with E-state index in [0.29, 0.717) is 28.2 Å². The van der Waals surface area contributed by atoms with Crippen molar-refractivity contribution in [2.45, 2.75) is 20.3 Å². The highest BCUT2D eigenvalue weighted by Gasteiger charge is 2.19. The normalized spacial score (nSPS) is 11.0. The van der Waals surface area contributed by atoms with E-state index in [4.69, 9.17) is 13.9 Å². The third kappa shape index (κ3) is 4.14. The molecule has 0 amide bonds. The van der Waals surface area contributed by atoms with E-state index in [2.05, 4.69) is 0 Å². The Balaban J connectivity index is 1.43. The van der Waals surface area contributed by atoms with Gasteiger partial charge in [-0.25, -0.2) is 4.39 Å². The largest absolute Gasteiger partial charge is 0.497 e. The van der Waals surface area contributed by atoms with Gasteiger partial charge in [0.05, 0.1) is 19.8 Å². The zero-order valence-electron chi connectivity index (χ0n) is 18.0. The Morgan fingerprint density at radius 2 is 1.81 bits per heavy atom. The molecule has 7 heteroatoms. The lowest BCUT2D eigenvalue weighted by Gasteiger charge is -2.10. The molecule has 164 valence electrons. The summed E-state index contributed by atoms with van der Waals surface area (Å²) >= 11 is 0. The van der Waals surface area contributed by atoms with Crippen molar-refractivity contribution in [1.29, 1.82) is 0 Å². The van der Waals surface area contributed by atoms with Gasteiger partial charge in [-0.3, -0.25) is 9.59 Å². The Morgan fingerprint density at radius 3 is 2.53 bits per heavy atom. The quantitative estimate of drug-likeness (QED) is 0.303. The molecule has 2 aromatic heterocycles. The smallest absolute Gasteiger partial charge is 0.310 e. The first-order chi connectivity index (χ1) is 15.4. The molecule has 4 rings (SSSR count). The summed E-state index contributed by atoms with van der Waals surface area (Å²) in [6, 6.07) is 13.1. The van der Waals surface area contributed by atoms with Crippen molar-refractivity contribution in [2.24, 2.45) is 0 Å². The summed E-state index contributed by atoms with van der Waals surface area (Å²) in [6.07, 6.45) is 1.49. The van der Waals surface area contributed by atoms with Crippen LogP contribution in [-0.4, -0.2) is 30.0 Å². The van der Waals surface area contributed by atoms with E-state index in [1.807, 2.05) is 17.6 Å². The first-order valence-electron chi connectivity index (χ1n) is 10.0. The minimum Gasteiger partial charge on any atom is -0.497 e. The van der Waals surface area contributed by atoms with Gasteiger partial charge in [-0.05, 0) is 56.3 Å². The number of furan rings is 1. The van der Waals surface area contributed by atoms with E-state index in [1.165, 1.54) is 18.4 Å². The summed E-state index contributed by atoms with van der Waals surface area (Å²) in [5.74, 6) is -0.500. The third-order valence-corrected chi connectivity index (χ3v) is 5.38. The number of carbonyl (C=O) groups excluding carboxylic acids is 2. The predicted octanol–water partition coefficient (Wildman–Crippen LogP) is 4.96. The summed E-state index contributed by atoms with van der Waals surface area (Å²) < 4.78 is 31.0. The van der Waals surface area contributed by atoms with Gasteiger partial charge in [-0.2, -0.15) is 0 Å². The van der Waals surface area contributed by atoms with Crippen molar-refractivity contribution in [3.05, 3.63) is 83.1 Å². The van der Waals surface area contributed by atoms with Crippen LogP contribution in [-0.2, 0) is 16.0 Å². The predicted molar refractivity (Wildman–Crippen MR) is 117 cm³/mol. The Bertz CT molecular complexity index is 1300. The number of ketones is 1. The number of carbonyl (C=O) groups is 2. The number of esters is 1. The zero-order valence-corrected chi connectivity index (χ0v) is 18.0. The number of benzene rings is 2. The van der Waals surface area contributed by atoms with Crippen molar-refractivity contribution in [2.75, 3.05) is 13.7 Å². The van der Waals surface area contributed by atoms with E-state index in [1.54, 1.807) is 44.4 Å². The zero-order chi connectivity index (χ0) is 22.8. The topological polar surface area (TPSA) is 70.7 Å². The Labute approximate surface area is 184 Å². The Morgan fingerprint density at radius 1 is 1.06 bits per heavy atom. The number of nitrogens with zero attached hydrogens (tertiary/aromatic N) is 1. The minimum absolute atomic E-state index is 0.0127. The maximum atomic E-state index is 13.2. The van der Waals surface area contributed by atoms with Gasteiger partial charge in [0, 0.05) is 39.7 Å². The van der Waals surface area contributed by atoms with Crippen LogP contribution in [0.15, 0.2) is 59.2 Å². The number of methoxy groups -OCH3 is 1. The van der Waals surface area contributed by atoms with Crippen LogP contribution in [0.1, 0.15) is 27.3 Å². The van der Waals surface area contributed by atoms with Crippen LogP contribution in [0, 0.1) is 19.7 Å². The highest BCUT2D eigenvalue weighted by molar-refractivity contribution is 5.99. The number of aromatic nitrogens is 1. The molecule has 6 nitrogen and oxygen atoms in total.